The number of benzene rings is 10. The van der Waals surface area contributed by atoms with Crippen molar-refractivity contribution in [3.05, 3.63) is 265 Å². The molecule has 0 spiro atoms. The second-order valence-electron chi connectivity index (χ2n) is 22.3. The zero-order valence-corrected chi connectivity index (χ0v) is 46.0. The van der Waals surface area contributed by atoms with Gasteiger partial charge < -0.3 is 23.8 Å². The van der Waals surface area contributed by atoms with E-state index in [-0.39, 0.29) is 0 Å². The topological polar surface area (TPSA) is 19.6 Å². The van der Waals surface area contributed by atoms with Crippen LogP contribution in [0.3, 0.4) is 0 Å². The Hall–Kier alpha value is -8.80. The molecular weight excluding hydrogens is 947 g/mol. The van der Waals surface area contributed by atoms with Crippen LogP contribution in [0, 0.1) is 6.17 Å². The van der Waals surface area contributed by atoms with Crippen molar-refractivity contribution in [2.24, 2.45) is 0 Å². The summed E-state index contributed by atoms with van der Waals surface area (Å²) in [7, 11) is 0. The summed E-state index contributed by atoms with van der Waals surface area (Å²) in [5.41, 5.74) is 21.7. The van der Waals surface area contributed by atoms with Gasteiger partial charge in [0.15, 0.2) is 6.17 Å². The first kappa shape index (κ1) is 48.8. The molecule has 78 heavy (non-hydrogen) atoms. The summed E-state index contributed by atoms with van der Waals surface area (Å²) < 4.78 is 4.80. The monoisotopic (exact) mass is 1010 g/mol. The van der Waals surface area contributed by atoms with E-state index in [4.69, 9.17) is 0 Å². The zero-order chi connectivity index (χ0) is 53.3. The van der Waals surface area contributed by atoms with Gasteiger partial charge in [0.05, 0.1) is 44.8 Å². The van der Waals surface area contributed by atoms with E-state index >= 15 is 0 Å². The minimum atomic E-state index is 0.296. The highest BCUT2D eigenvalue weighted by Gasteiger charge is 2.44. The van der Waals surface area contributed by atoms with E-state index in [2.05, 4.69) is 310 Å². The van der Waals surface area contributed by atoms with Crippen LogP contribution in [0.4, 0.5) is 39.8 Å². The van der Waals surface area contributed by atoms with Crippen LogP contribution in [0.2, 0.25) is 0 Å². The maximum Gasteiger partial charge on any atom is 0.196 e. The van der Waals surface area contributed by atoms with Crippen LogP contribution in [-0.2, 0) is 0 Å². The Labute approximate surface area is 459 Å². The molecule has 2 aromatic heterocycles. The molecule has 1 aliphatic rings. The lowest BCUT2D eigenvalue weighted by atomic mass is 9.90. The molecule has 0 atom stereocenters. The lowest BCUT2D eigenvalue weighted by molar-refractivity contribution is 0.807. The van der Waals surface area contributed by atoms with Gasteiger partial charge in [-0.25, -0.2) is 0 Å². The molecule has 0 aliphatic carbocycles. The highest BCUT2D eigenvalue weighted by Crippen LogP contribution is 2.58. The average molecular weight is 1010 g/mol. The molecule has 5 nitrogen and oxygen atoms in total. The minimum absolute atomic E-state index is 0.296. The molecule has 0 saturated carbocycles. The van der Waals surface area contributed by atoms with E-state index in [1.165, 1.54) is 88.6 Å². The summed E-state index contributed by atoms with van der Waals surface area (Å²) in [6.45, 7) is 18.7. The predicted octanol–water partition coefficient (Wildman–Crippen LogP) is 20.7. The molecule has 0 saturated heterocycles. The van der Waals surface area contributed by atoms with Crippen LogP contribution in [0.1, 0.15) is 107 Å². The Morgan fingerprint density at radius 3 is 1.04 bits per heavy atom. The fourth-order valence-electron chi connectivity index (χ4n) is 12.5. The maximum atomic E-state index is 2.61. The van der Waals surface area contributed by atoms with Crippen molar-refractivity contribution in [2.45, 2.75) is 79.1 Å². The summed E-state index contributed by atoms with van der Waals surface area (Å²) in [5, 5.41) is 4.85. The molecule has 12 aromatic rings. The van der Waals surface area contributed by atoms with E-state index in [9.17, 15) is 0 Å². The molecular formula is C73H66N5. The van der Waals surface area contributed by atoms with Crippen LogP contribution in [0.25, 0.3) is 55.0 Å². The predicted molar refractivity (Wildman–Crippen MR) is 332 cm³/mol. The molecule has 13 rings (SSSR count). The van der Waals surface area contributed by atoms with Gasteiger partial charge in [-0.05, 0) is 143 Å². The van der Waals surface area contributed by atoms with E-state index in [1.807, 2.05) is 0 Å². The average Bonchev–Trinajstić information content (AvgIpc) is 4.21. The zero-order valence-electron chi connectivity index (χ0n) is 46.0. The maximum absolute atomic E-state index is 2.61. The van der Waals surface area contributed by atoms with Gasteiger partial charge in [0, 0.05) is 55.5 Å². The first-order chi connectivity index (χ1) is 38.1. The normalized spacial score (nSPS) is 13.0. The fraction of sp³-hybridized carbons (Fsp3) is 0.164. The largest absolute Gasteiger partial charge is 0.310 e. The molecule has 10 aromatic carbocycles. The van der Waals surface area contributed by atoms with Gasteiger partial charge in [0.25, 0.3) is 0 Å². The highest BCUT2D eigenvalue weighted by molar-refractivity contribution is 6.12. The Kier molecular flexibility index (Phi) is 12.3. The number of hydrogen-bond acceptors (Lipinski definition) is 3. The van der Waals surface area contributed by atoms with Crippen LogP contribution >= 0.6 is 0 Å². The standard InChI is InChI=1S/C73H66N5/c1-47(2)57-29-21-30-58(48(3)4)71(57)77-69-35-19-20-36-70(69)78(72-59(49(5)6)31-22-32-60(72)50(7)8)73(77)51-37-39-54(40-38-51)74(55-41-43-67-63(45-55)61-27-15-17-33-65(61)75(67)52-23-11-9-12-24-52)56-42-44-68-64(46-56)62-28-16-18-34-66(62)76(68)53-25-13-10-14-26-53/h9-50H,1-8H3. The molecule has 0 amide bonds. The summed E-state index contributed by atoms with van der Waals surface area (Å²) in [6, 6.07) is 85.6. The molecule has 0 bridgehead atoms. The van der Waals surface area contributed by atoms with Crippen molar-refractivity contribution >= 4 is 83.4 Å². The third-order valence-corrected chi connectivity index (χ3v) is 16.2. The third kappa shape index (κ3) is 7.97. The van der Waals surface area contributed by atoms with Gasteiger partial charge in [-0.1, -0.05) is 189 Å². The highest BCUT2D eigenvalue weighted by atomic mass is 15.4. The van der Waals surface area contributed by atoms with Gasteiger partial charge >= 0.3 is 0 Å². The summed E-state index contributed by atoms with van der Waals surface area (Å²) in [6.07, 6.45) is 1.14. The van der Waals surface area contributed by atoms with Gasteiger partial charge in [-0.15, -0.1) is 0 Å². The Morgan fingerprint density at radius 2 is 0.641 bits per heavy atom. The van der Waals surface area contributed by atoms with E-state index in [0.717, 1.165) is 40.2 Å². The third-order valence-electron chi connectivity index (χ3n) is 16.2. The van der Waals surface area contributed by atoms with Crippen molar-refractivity contribution in [1.29, 1.82) is 0 Å². The Bertz CT molecular complexity index is 3880. The van der Waals surface area contributed by atoms with E-state index < -0.39 is 0 Å². The molecule has 383 valence electrons. The lowest BCUT2D eigenvalue weighted by Gasteiger charge is -2.37. The molecule has 1 radical (unpaired) electrons. The Balaban J connectivity index is 1.05. The van der Waals surface area contributed by atoms with E-state index in [1.54, 1.807) is 0 Å². The first-order valence-corrected chi connectivity index (χ1v) is 28.0. The van der Waals surface area contributed by atoms with Crippen molar-refractivity contribution in [3.8, 4) is 11.4 Å². The van der Waals surface area contributed by atoms with Gasteiger partial charge in [0.1, 0.15) is 0 Å². The van der Waals surface area contributed by atoms with Crippen molar-refractivity contribution in [3.63, 3.8) is 0 Å². The molecule has 1 aliphatic heterocycles. The number of nitrogens with zero attached hydrogens (tertiary/aromatic N) is 5. The molecule has 0 N–H and O–H groups in total. The van der Waals surface area contributed by atoms with Crippen molar-refractivity contribution in [1.82, 2.24) is 9.13 Å². The second kappa shape index (κ2) is 19.6. The number of fused-ring (bicyclic) bond motifs is 7. The second-order valence-corrected chi connectivity index (χ2v) is 22.3. The number of para-hydroxylation sites is 8. The van der Waals surface area contributed by atoms with Crippen LogP contribution in [0.15, 0.2) is 231 Å². The van der Waals surface area contributed by atoms with Crippen molar-refractivity contribution in [2.75, 3.05) is 14.7 Å². The minimum Gasteiger partial charge on any atom is -0.310 e. The van der Waals surface area contributed by atoms with Crippen molar-refractivity contribution < 1.29 is 0 Å². The molecule has 3 heterocycles. The van der Waals surface area contributed by atoms with Crippen LogP contribution < -0.4 is 14.7 Å². The Morgan fingerprint density at radius 1 is 0.295 bits per heavy atom. The smallest absolute Gasteiger partial charge is 0.196 e. The number of aromatic nitrogens is 2. The fourth-order valence-corrected chi connectivity index (χ4v) is 12.5. The molecule has 5 heteroatoms. The van der Waals surface area contributed by atoms with Gasteiger partial charge in [0.2, 0.25) is 0 Å². The first-order valence-electron chi connectivity index (χ1n) is 28.0. The molecule has 0 unspecified atom stereocenters. The summed E-state index contributed by atoms with van der Waals surface area (Å²) in [4.78, 5) is 7.69. The molecule has 0 fully saturated rings. The number of hydrogen-bond donors (Lipinski definition) is 0. The van der Waals surface area contributed by atoms with Crippen LogP contribution in [-0.4, -0.2) is 9.13 Å². The van der Waals surface area contributed by atoms with E-state index in [0.29, 0.717) is 23.7 Å². The van der Waals surface area contributed by atoms with Crippen LogP contribution in [0.5, 0.6) is 0 Å². The quantitative estimate of drug-likeness (QED) is 0.122. The summed E-state index contributed by atoms with van der Waals surface area (Å²) in [5.74, 6) is 1.18. The lowest BCUT2D eigenvalue weighted by Crippen LogP contribution is -2.33. The van der Waals surface area contributed by atoms with Gasteiger partial charge in [-0.3, -0.25) is 0 Å². The SMILES string of the molecule is CC(C)c1cccc(C(C)C)c1N1[C](c2ccc(N(c3ccc4c(c3)c3ccccc3n4-c3ccccc3)c3ccc4c(c3)c3ccccc3n4-c3ccccc3)cc2)N(c2c(C(C)C)cccc2C(C)C)c2ccccc21. The number of rotatable bonds is 12. The number of anilines is 7. The summed E-state index contributed by atoms with van der Waals surface area (Å²) >= 11 is 0. The van der Waals surface area contributed by atoms with Gasteiger partial charge in [-0.2, -0.15) is 0 Å².